The molecule has 132 valence electrons. The number of piperidine rings is 1. The van der Waals surface area contributed by atoms with Crippen LogP contribution in [0.1, 0.15) is 37.3 Å². The van der Waals surface area contributed by atoms with Crippen molar-refractivity contribution in [2.45, 2.75) is 37.6 Å². The van der Waals surface area contributed by atoms with Crippen LogP contribution >= 0.6 is 0 Å². The molecule has 4 rings (SSSR count). The molecule has 2 aromatic heterocycles. The third-order valence-corrected chi connectivity index (χ3v) is 5.07. The number of pyridine rings is 1. The minimum Gasteiger partial charge on any atom is -0.436 e. The highest BCUT2D eigenvalue weighted by molar-refractivity contribution is 5.23. The average Bonchev–Trinajstić information content (AvgIpc) is 2.70. The second-order valence-electron chi connectivity index (χ2n) is 6.75. The number of rotatable bonds is 4. The van der Waals surface area contributed by atoms with Crippen molar-refractivity contribution in [3.8, 4) is 11.6 Å². The summed E-state index contributed by atoms with van der Waals surface area (Å²) in [6, 6.07) is 4.37. The normalized spacial score (nSPS) is 22.6. The summed E-state index contributed by atoms with van der Waals surface area (Å²) in [7, 11) is 0. The molecule has 0 amide bonds. The zero-order valence-electron chi connectivity index (χ0n) is 14.4. The Morgan fingerprint density at radius 1 is 1.08 bits per heavy atom. The topological polar surface area (TPSA) is 60.4 Å². The third-order valence-electron chi connectivity index (χ3n) is 5.07. The van der Waals surface area contributed by atoms with E-state index in [2.05, 4.69) is 14.9 Å². The van der Waals surface area contributed by atoms with Gasteiger partial charge >= 0.3 is 0 Å². The number of hydrogen-bond donors (Lipinski definition) is 0. The number of hydrogen-bond acceptors (Lipinski definition) is 6. The van der Waals surface area contributed by atoms with Gasteiger partial charge in [0.2, 0.25) is 5.88 Å². The van der Waals surface area contributed by atoms with Gasteiger partial charge in [0, 0.05) is 44.1 Å². The van der Waals surface area contributed by atoms with Gasteiger partial charge in [-0.3, -0.25) is 14.9 Å². The molecule has 0 aromatic carbocycles. The van der Waals surface area contributed by atoms with Gasteiger partial charge in [-0.15, -0.1) is 0 Å². The van der Waals surface area contributed by atoms with Gasteiger partial charge in [-0.1, -0.05) is 0 Å². The summed E-state index contributed by atoms with van der Waals surface area (Å²) in [5.41, 5.74) is 1.03. The maximum absolute atomic E-state index is 5.79. The van der Waals surface area contributed by atoms with Gasteiger partial charge in [-0.25, -0.2) is 4.98 Å². The van der Waals surface area contributed by atoms with Crippen molar-refractivity contribution >= 4 is 0 Å². The standard InChI is InChI=1S/C19H24N4O2/c1-4-17(11-20-7-1)25-19-13-21-12-18(22-19)15-3-2-8-23(14-15)16-5-9-24-10-6-16/h1,4,7,11-13,15-16H,2-3,5-6,8-10,14H2/t15-/m1/s1. The highest BCUT2D eigenvalue weighted by atomic mass is 16.5. The molecule has 2 aliphatic rings. The fourth-order valence-corrected chi connectivity index (χ4v) is 3.77. The fourth-order valence-electron chi connectivity index (χ4n) is 3.77. The van der Waals surface area contributed by atoms with Crippen LogP contribution in [-0.4, -0.2) is 52.2 Å². The number of aromatic nitrogens is 3. The summed E-state index contributed by atoms with van der Waals surface area (Å²) in [6.07, 6.45) is 11.6. The van der Waals surface area contributed by atoms with E-state index in [0.717, 1.165) is 44.7 Å². The minimum absolute atomic E-state index is 0.418. The highest BCUT2D eigenvalue weighted by Gasteiger charge is 2.28. The SMILES string of the molecule is c1cncc(Oc2cncc([C@@H]3CCCN(C4CCOCC4)C3)n2)c1. The van der Waals surface area contributed by atoms with Gasteiger partial charge in [0.25, 0.3) is 0 Å². The first-order chi connectivity index (χ1) is 12.4. The lowest BCUT2D eigenvalue weighted by Crippen LogP contribution is -2.44. The zero-order valence-corrected chi connectivity index (χ0v) is 14.4. The quantitative estimate of drug-likeness (QED) is 0.853. The second kappa shape index (κ2) is 7.89. The molecule has 6 nitrogen and oxygen atoms in total. The van der Waals surface area contributed by atoms with Gasteiger partial charge in [0.15, 0.2) is 0 Å². The van der Waals surface area contributed by atoms with Crippen molar-refractivity contribution in [2.24, 2.45) is 0 Å². The summed E-state index contributed by atoms with van der Waals surface area (Å²) < 4.78 is 11.3. The lowest BCUT2D eigenvalue weighted by molar-refractivity contribution is 0.0237. The first-order valence-corrected chi connectivity index (χ1v) is 9.10. The van der Waals surface area contributed by atoms with E-state index in [-0.39, 0.29) is 0 Å². The van der Waals surface area contributed by atoms with E-state index in [0.29, 0.717) is 23.6 Å². The maximum Gasteiger partial charge on any atom is 0.238 e. The molecule has 0 spiro atoms. The summed E-state index contributed by atoms with van der Waals surface area (Å²) in [5, 5.41) is 0. The van der Waals surface area contributed by atoms with Crippen LogP contribution in [0.15, 0.2) is 36.9 Å². The van der Waals surface area contributed by atoms with E-state index in [1.54, 1.807) is 18.6 Å². The molecule has 0 N–H and O–H groups in total. The largest absolute Gasteiger partial charge is 0.436 e. The van der Waals surface area contributed by atoms with Gasteiger partial charge < -0.3 is 9.47 Å². The highest BCUT2D eigenvalue weighted by Crippen LogP contribution is 2.30. The molecule has 25 heavy (non-hydrogen) atoms. The molecule has 4 heterocycles. The van der Waals surface area contributed by atoms with E-state index in [9.17, 15) is 0 Å². The number of likely N-dealkylation sites (tertiary alicyclic amines) is 1. The first-order valence-electron chi connectivity index (χ1n) is 9.10. The van der Waals surface area contributed by atoms with Crippen LogP contribution < -0.4 is 4.74 Å². The molecule has 0 saturated carbocycles. The lowest BCUT2D eigenvalue weighted by atomic mass is 9.92. The Morgan fingerprint density at radius 2 is 2.00 bits per heavy atom. The van der Waals surface area contributed by atoms with Crippen LogP contribution in [0.5, 0.6) is 11.6 Å². The second-order valence-corrected chi connectivity index (χ2v) is 6.75. The van der Waals surface area contributed by atoms with Crippen molar-refractivity contribution in [1.82, 2.24) is 19.9 Å². The van der Waals surface area contributed by atoms with Crippen LogP contribution in [-0.2, 0) is 4.74 Å². The maximum atomic E-state index is 5.79. The zero-order chi connectivity index (χ0) is 16.9. The Labute approximate surface area is 148 Å². The lowest BCUT2D eigenvalue weighted by Gasteiger charge is -2.39. The van der Waals surface area contributed by atoms with Crippen LogP contribution in [0.3, 0.4) is 0 Å². The number of ether oxygens (including phenoxy) is 2. The third kappa shape index (κ3) is 4.14. The van der Waals surface area contributed by atoms with E-state index in [1.165, 1.54) is 13.0 Å². The minimum atomic E-state index is 0.418. The van der Waals surface area contributed by atoms with Crippen LogP contribution in [0.4, 0.5) is 0 Å². The molecule has 0 aliphatic carbocycles. The molecule has 2 aliphatic heterocycles. The molecule has 0 bridgehead atoms. The predicted molar refractivity (Wildman–Crippen MR) is 93.7 cm³/mol. The first kappa shape index (κ1) is 16.4. The summed E-state index contributed by atoms with van der Waals surface area (Å²) in [5.74, 6) is 1.64. The van der Waals surface area contributed by atoms with Gasteiger partial charge in [0.05, 0.1) is 18.1 Å². The van der Waals surface area contributed by atoms with Crippen LogP contribution in [0, 0.1) is 0 Å². The average molecular weight is 340 g/mol. The van der Waals surface area contributed by atoms with E-state index < -0.39 is 0 Å². The Balaban J connectivity index is 1.44. The summed E-state index contributed by atoms with van der Waals surface area (Å²) in [6.45, 7) is 4.01. The Bertz CT molecular complexity index is 676. The van der Waals surface area contributed by atoms with E-state index in [1.807, 2.05) is 18.3 Å². The van der Waals surface area contributed by atoms with Crippen molar-refractivity contribution in [1.29, 1.82) is 0 Å². The molecule has 1 atom stereocenters. The monoisotopic (exact) mass is 340 g/mol. The van der Waals surface area contributed by atoms with Gasteiger partial charge in [0.1, 0.15) is 5.75 Å². The van der Waals surface area contributed by atoms with Gasteiger partial charge in [-0.05, 0) is 44.4 Å². The number of nitrogens with zero attached hydrogens (tertiary/aromatic N) is 4. The molecule has 6 heteroatoms. The van der Waals surface area contributed by atoms with Crippen molar-refractivity contribution in [3.63, 3.8) is 0 Å². The van der Waals surface area contributed by atoms with E-state index >= 15 is 0 Å². The fraction of sp³-hybridized carbons (Fsp3) is 0.526. The molecular weight excluding hydrogens is 316 g/mol. The summed E-state index contributed by atoms with van der Waals surface area (Å²) >= 11 is 0. The molecule has 2 fully saturated rings. The van der Waals surface area contributed by atoms with Crippen molar-refractivity contribution < 1.29 is 9.47 Å². The van der Waals surface area contributed by atoms with Crippen molar-refractivity contribution in [2.75, 3.05) is 26.3 Å². The van der Waals surface area contributed by atoms with Crippen LogP contribution in [0.2, 0.25) is 0 Å². The Morgan fingerprint density at radius 3 is 2.84 bits per heavy atom. The van der Waals surface area contributed by atoms with E-state index in [4.69, 9.17) is 14.5 Å². The van der Waals surface area contributed by atoms with Crippen molar-refractivity contribution in [3.05, 3.63) is 42.6 Å². The smallest absolute Gasteiger partial charge is 0.238 e. The Hall–Kier alpha value is -2.05. The molecule has 2 aromatic rings. The molecule has 2 saturated heterocycles. The van der Waals surface area contributed by atoms with Crippen LogP contribution in [0.25, 0.3) is 0 Å². The molecule has 0 radical (unpaired) electrons. The van der Waals surface area contributed by atoms with Gasteiger partial charge in [-0.2, -0.15) is 0 Å². The molecular formula is C19H24N4O2. The Kier molecular flexibility index (Phi) is 5.18. The summed E-state index contributed by atoms with van der Waals surface area (Å²) in [4.78, 5) is 15.7. The molecule has 0 unspecified atom stereocenters. The predicted octanol–water partition coefficient (Wildman–Crippen LogP) is 3.02.